The van der Waals surface area contributed by atoms with Gasteiger partial charge in [0.1, 0.15) is 16.9 Å². The SMILES string of the molecule is CC(C)(C)OC(=O)N1CCC[C@@H](NC(=O)C2Sc3c(N)ccc4c3C2C(N)C(=O)C4(N)c2ccc(Oc3ccccc3)nc2)C1. The second-order valence-corrected chi connectivity index (χ2v) is 13.9. The summed E-state index contributed by atoms with van der Waals surface area (Å²) in [5.74, 6) is -0.335. The van der Waals surface area contributed by atoms with Crippen molar-refractivity contribution in [3.63, 3.8) is 0 Å². The van der Waals surface area contributed by atoms with Crippen molar-refractivity contribution in [3.05, 3.63) is 77.5 Å². The van der Waals surface area contributed by atoms with Crippen molar-refractivity contribution in [3.8, 4) is 11.6 Å². The van der Waals surface area contributed by atoms with E-state index in [1.165, 1.54) is 18.0 Å². The molecule has 0 radical (unpaired) electrons. The number of rotatable bonds is 5. The summed E-state index contributed by atoms with van der Waals surface area (Å²) < 4.78 is 11.4. The minimum Gasteiger partial charge on any atom is -0.444 e. The van der Waals surface area contributed by atoms with Crippen LogP contribution in [0.25, 0.3) is 0 Å². The summed E-state index contributed by atoms with van der Waals surface area (Å²) in [6.45, 7) is 6.34. The summed E-state index contributed by atoms with van der Waals surface area (Å²) in [5.41, 5.74) is 20.1. The fourth-order valence-electron chi connectivity index (χ4n) is 6.37. The number of hydrogen-bond donors (Lipinski definition) is 4. The molecule has 4 unspecified atom stereocenters. The van der Waals surface area contributed by atoms with Gasteiger partial charge in [-0.2, -0.15) is 0 Å². The van der Waals surface area contributed by atoms with Gasteiger partial charge in [-0.3, -0.25) is 9.59 Å². The molecule has 6 rings (SSSR count). The first kappa shape index (κ1) is 30.9. The zero-order chi connectivity index (χ0) is 32.1. The number of nitrogen functional groups attached to an aromatic ring is 1. The smallest absolute Gasteiger partial charge is 0.410 e. The minimum atomic E-state index is -1.60. The van der Waals surface area contributed by atoms with Crippen molar-refractivity contribution < 1.29 is 23.9 Å². The molecular formula is C33H38N6O5S. The van der Waals surface area contributed by atoms with Crippen molar-refractivity contribution >= 4 is 35.2 Å². The standard InChI is InChI=1S/C33H38N6O5S/c1-32(2,3)44-31(42)39-15-7-8-19(17-39)38-30(41)28-25-24-21(12-13-22(34)27(24)45-28)33(36,29(40)26(25)35)18-11-14-23(37-16-18)43-20-9-5-4-6-10-20/h4-6,9-14,16,19,25-26,28H,7-8,15,17,34-36H2,1-3H3,(H,38,41)/t19-,25?,26?,28?,33?/m1/s1. The van der Waals surface area contributed by atoms with Crippen molar-refractivity contribution in [1.29, 1.82) is 0 Å². The average Bonchev–Trinajstić information content (AvgIpc) is 3.42. The number of Topliss-reactive ketones (excluding diaryl/α,β-unsaturated/α-hetero) is 1. The van der Waals surface area contributed by atoms with E-state index in [9.17, 15) is 14.4 Å². The van der Waals surface area contributed by atoms with E-state index >= 15 is 0 Å². The molecular weight excluding hydrogens is 592 g/mol. The van der Waals surface area contributed by atoms with Crippen LogP contribution >= 0.6 is 11.8 Å². The number of hydrogen-bond acceptors (Lipinski definition) is 10. The topological polar surface area (TPSA) is 176 Å². The lowest BCUT2D eigenvalue weighted by atomic mass is 9.65. The molecule has 2 amide bonds. The Morgan fingerprint density at radius 3 is 2.56 bits per heavy atom. The lowest BCUT2D eigenvalue weighted by Gasteiger charge is -2.41. The van der Waals surface area contributed by atoms with E-state index in [2.05, 4.69) is 10.3 Å². The Kier molecular flexibility index (Phi) is 8.00. The molecule has 12 heteroatoms. The molecule has 236 valence electrons. The normalized spacial score (nSPS) is 25.8. The number of piperidine rings is 1. The highest BCUT2D eigenvalue weighted by Gasteiger charge is 2.57. The molecule has 3 heterocycles. The zero-order valence-corrected chi connectivity index (χ0v) is 26.3. The van der Waals surface area contributed by atoms with Crippen LogP contribution in [0.4, 0.5) is 10.5 Å². The third kappa shape index (κ3) is 5.73. The molecule has 1 saturated heterocycles. The van der Waals surface area contributed by atoms with Gasteiger partial charge < -0.3 is 36.9 Å². The molecule has 2 aliphatic heterocycles. The minimum absolute atomic E-state index is 0.264. The van der Waals surface area contributed by atoms with Gasteiger partial charge in [-0.15, -0.1) is 11.8 Å². The van der Waals surface area contributed by atoms with Crippen LogP contribution in [0.3, 0.4) is 0 Å². The lowest BCUT2D eigenvalue weighted by molar-refractivity contribution is -0.126. The molecule has 2 aromatic carbocycles. The van der Waals surface area contributed by atoms with Gasteiger partial charge >= 0.3 is 6.09 Å². The summed E-state index contributed by atoms with van der Waals surface area (Å²) in [6, 6.07) is 14.7. The van der Waals surface area contributed by atoms with E-state index in [1.54, 1.807) is 29.2 Å². The largest absolute Gasteiger partial charge is 0.444 e. The van der Waals surface area contributed by atoms with Crippen LogP contribution in [-0.4, -0.2) is 63.7 Å². The fourth-order valence-corrected chi connectivity index (χ4v) is 7.83. The Morgan fingerprint density at radius 2 is 1.87 bits per heavy atom. The van der Waals surface area contributed by atoms with Gasteiger partial charge in [-0.25, -0.2) is 9.78 Å². The van der Waals surface area contributed by atoms with Crippen molar-refractivity contribution in [1.82, 2.24) is 15.2 Å². The first-order valence-corrected chi connectivity index (χ1v) is 15.9. The Labute approximate surface area is 266 Å². The number of carbonyl (C=O) groups excluding carboxylic acids is 3. The number of ketones is 1. The Bertz CT molecular complexity index is 1630. The van der Waals surface area contributed by atoms with E-state index < -0.39 is 40.2 Å². The Hall–Kier alpha value is -4.13. The van der Waals surface area contributed by atoms with Gasteiger partial charge in [0.25, 0.3) is 0 Å². The number of nitrogens with zero attached hydrogens (tertiary/aromatic N) is 2. The van der Waals surface area contributed by atoms with Crippen LogP contribution in [0.15, 0.2) is 65.7 Å². The molecule has 11 nitrogen and oxygen atoms in total. The number of aromatic nitrogens is 1. The van der Waals surface area contributed by atoms with Gasteiger partial charge in [0.15, 0.2) is 5.78 Å². The van der Waals surface area contributed by atoms with Crippen LogP contribution in [0, 0.1) is 0 Å². The summed E-state index contributed by atoms with van der Waals surface area (Å²) in [5, 5.41) is 2.41. The number of nitrogens with one attached hydrogen (secondary N) is 1. The maximum absolute atomic E-state index is 14.1. The van der Waals surface area contributed by atoms with E-state index in [0.29, 0.717) is 52.8 Å². The summed E-state index contributed by atoms with van der Waals surface area (Å²) in [4.78, 5) is 47.4. The molecule has 7 N–H and O–H groups in total. The fraction of sp³-hybridized carbons (Fsp3) is 0.394. The third-order valence-corrected chi connectivity index (χ3v) is 9.92. The summed E-state index contributed by atoms with van der Waals surface area (Å²) in [7, 11) is 0. The van der Waals surface area contributed by atoms with Gasteiger partial charge in [0.2, 0.25) is 11.8 Å². The number of benzene rings is 2. The van der Waals surface area contributed by atoms with E-state index in [-0.39, 0.29) is 11.9 Å². The van der Waals surface area contributed by atoms with E-state index in [0.717, 1.165) is 12.0 Å². The van der Waals surface area contributed by atoms with Crippen LogP contribution in [-0.2, 0) is 19.9 Å². The van der Waals surface area contributed by atoms with Crippen LogP contribution in [0.5, 0.6) is 11.6 Å². The van der Waals surface area contributed by atoms with Crippen LogP contribution in [0.1, 0.15) is 56.2 Å². The van der Waals surface area contributed by atoms with Gasteiger partial charge in [0.05, 0.1) is 11.3 Å². The average molecular weight is 631 g/mol. The number of carbonyl (C=O) groups is 3. The number of ether oxygens (including phenoxy) is 2. The number of nitrogens with two attached hydrogens (primary N) is 3. The molecule has 45 heavy (non-hydrogen) atoms. The third-order valence-electron chi connectivity index (χ3n) is 8.47. The van der Waals surface area contributed by atoms with Crippen molar-refractivity contribution in [2.24, 2.45) is 11.5 Å². The lowest BCUT2D eigenvalue weighted by Crippen LogP contribution is -2.61. The molecule has 1 fully saturated rings. The number of pyridine rings is 1. The predicted octanol–water partition coefficient (Wildman–Crippen LogP) is 3.64. The Balaban J connectivity index is 1.25. The van der Waals surface area contributed by atoms with Crippen molar-refractivity contribution in [2.75, 3.05) is 18.8 Å². The second-order valence-electron chi connectivity index (χ2n) is 12.8. The highest BCUT2D eigenvalue weighted by Crippen LogP contribution is 2.56. The van der Waals surface area contributed by atoms with Crippen LogP contribution < -0.4 is 27.3 Å². The highest BCUT2D eigenvalue weighted by atomic mass is 32.2. The molecule has 1 aromatic heterocycles. The van der Waals surface area contributed by atoms with Gasteiger partial charge in [-0.05, 0) is 69.0 Å². The second kappa shape index (κ2) is 11.7. The summed E-state index contributed by atoms with van der Waals surface area (Å²) in [6.07, 6.45) is 2.55. The highest BCUT2D eigenvalue weighted by molar-refractivity contribution is 8.01. The van der Waals surface area contributed by atoms with Gasteiger partial charge in [-0.1, -0.05) is 24.3 Å². The zero-order valence-electron chi connectivity index (χ0n) is 25.5. The number of amides is 2. The van der Waals surface area contributed by atoms with E-state index in [4.69, 9.17) is 26.7 Å². The van der Waals surface area contributed by atoms with Crippen LogP contribution in [0.2, 0.25) is 0 Å². The summed E-state index contributed by atoms with van der Waals surface area (Å²) >= 11 is 1.30. The number of para-hydroxylation sites is 1. The van der Waals surface area contributed by atoms with E-state index in [1.807, 2.05) is 51.1 Å². The predicted molar refractivity (Wildman–Crippen MR) is 171 cm³/mol. The molecule has 5 atom stereocenters. The molecule has 1 aliphatic carbocycles. The number of anilines is 1. The molecule has 0 bridgehead atoms. The maximum Gasteiger partial charge on any atom is 0.410 e. The molecule has 0 saturated carbocycles. The first-order valence-electron chi connectivity index (χ1n) is 15.0. The monoisotopic (exact) mass is 630 g/mol. The first-order chi connectivity index (χ1) is 21.4. The Morgan fingerprint density at radius 1 is 1.11 bits per heavy atom. The number of thioether (sulfide) groups is 1. The molecule has 3 aromatic rings. The molecule has 3 aliphatic rings. The maximum atomic E-state index is 14.1. The van der Waals surface area contributed by atoms with Crippen molar-refractivity contribution in [2.45, 2.75) is 72.9 Å². The van der Waals surface area contributed by atoms with Gasteiger partial charge in [0, 0.05) is 53.5 Å². The number of likely N-dealkylation sites (tertiary alicyclic amines) is 1. The molecule has 0 spiro atoms. The quantitative estimate of drug-likeness (QED) is 0.305.